The molecule has 0 aliphatic rings. The molecule has 1 aromatic heterocycles. The van der Waals surface area contributed by atoms with Gasteiger partial charge >= 0.3 is 11.9 Å². The van der Waals surface area contributed by atoms with Crippen molar-refractivity contribution in [2.24, 2.45) is 0 Å². The van der Waals surface area contributed by atoms with Gasteiger partial charge in [0.15, 0.2) is 16.6 Å². The van der Waals surface area contributed by atoms with Gasteiger partial charge in [-0.3, -0.25) is 4.79 Å². The molecule has 7 nitrogen and oxygen atoms in total. The predicted molar refractivity (Wildman–Crippen MR) is 78.9 cm³/mol. The Labute approximate surface area is 132 Å². The van der Waals surface area contributed by atoms with Crippen molar-refractivity contribution in [1.82, 2.24) is 4.98 Å². The number of anilines is 1. The van der Waals surface area contributed by atoms with Crippen LogP contribution in [0, 0.1) is 0 Å². The maximum absolute atomic E-state index is 11.2. The highest BCUT2D eigenvalue weighted by molar-refractivity contribution is 6.38. The molecule has 9 heteroatoms. The molecule has 0 bridgehead atoms. The number of nitrogens with zero attached hydrogens (tertiary/aromatic N) is 1. The standard InChI is InChI=1S/C8H8Cl2N2O3.C4H8O2/c1-14-6-4(11)3(9)5(8(13)15-2)12-7(6)10;1-3-6-4(2)5/h1-2H3,(H2,11,12);3H2,1-2H3. The number of nitrogens with two attached hydrogens (primary N) is 1. The molecule has 0 aliphatic heterocycles. The molecule has 0 unspecified atom stereocenters. The molecule has 0 saturated heterocycles. The lowest BCUT2D eigenvalue weighted by molar-refractivity contribution is -0.140. The van der Waals surface area contributed by atoms with Crippen molar-refractivity contribution in [2.75, 3.05) is 26.6 Å². The van der Waals surface area contributed by atoms with E-state index in [1.807, 2.05) is 0 Å². The molecule has 0 radical (unpaired) electrons. The minimum absolute atomic E-state index is 0.0388. The van der Waals surface area contributed by atoms with Crippen molar-refractivity contribution in [3.8, 4) is 5.75 Å². The number of hydrogen-bond acceptors (Lipinski definition) is 7. The fourth-order valence-electron chi connectivity index (χ4n) is 1.17. The fraction of sp³-hybridized carbons (Fsp3) is 0.417. The summed E-state index contributed by atoms with van der Waals surface area (Å²) in [5.41, 5.74) is 5.52. The van der Waals surface area contributed by atoms with Gasteiger partial charge < -0.3 is 19.9 Å². The first-order chi connectivity index (χ1) is 9.79. The van der Waals surface area contributed by atoms with Gasteiger partial charge in [0, 0.05) is 6.92 Å². The molecule has 0 aliphatic carbocycles. The zero-order valence-corrected chi connectivity index (χ0v) is 13.5. The Kier molecular flexibility index (Phi) is 8.49. The van der Waals surface area contributed by atoms with Crippen molar-refractivity contribution in [3.63, 3.8) is 0 Å². The fourth-order valence-corrected chi connectivity index (χ4v) is 1.63. The molecular weight excluding hydrogens is 323 g/mol. The highest BCUT2D eigenvalue weighted by Crippen LogP contribution is 2.36. The van der Waals surface area contributed by atoms with Crippen LogP contribution >= 0.6 is 23.2 Å². The number of halogens is 2. The summed E-state index contributed by atoms with van der Waals surface area (Å²) in [5.74, 6) is -0.789. The van der Waals surface area contributed by atoms with Crippen LogP contribution < -0.4 is 10.5 Å². The smallest absolute Gasteiger partial charge is 0.358 e. The monoisotopic (exact) mass is 338 g/mol. The van der Waals surface area contributed by atoms with Crippen LogP contribution in [0.5, 0.6) is 5.75 Å². The van der Waals surface area contributed by atoms with Gasteiger partial charge in [-0.25, -0.2) is 9.78 Å². The molecular formula is C12H16Cl2N2O5. The number of aromatic nitrogens is 1. The number of pyridine rings is 1. The second kappa shape index (κ2) is 9.25. The second-order valence-electron chi connectivity index (χ2n) is 3.43. The van der Waals surface area contributed by atoms with E-state index in [9.17, 15) is 9.59 Å². The lowest BCUT2D eigenvalue weighted by atomic mass is 10.3. The van der Waals surface area contributed by atoms with E-state index in [1.165, 1.54) is 21.1 Å². The van der Waals surface area contributed by atoms with E-state index in [0.717, 1.165) is 0 Å². The van der Waals surface area contributed by atoms with Crippen molar-refractivity contribution in [3.05, 3.63) is 15.9 Å². The number of nitrogen functional groups attached to an aromatic ring is 1. The van der Waals surface area contributed by atoms with Crippen LogP contribution in [0.1, 0.15) is 24.3 Å². The summed E-state index contributed by atoms with van der Waals surface area (Å²) in [7, 11) is 2.57. The Morgan fingerprint density at radius 1 is 1.29 bits per heavy atom. The van der Waals surface area contributed by atoms with Crippen LogP contribution in [0.25, 0.3) is 0 Å². The van der Waals surface area contributed by atoms with Crippen LogP contribution in [0.15, 0.2) is 0 Å². The third kappa shape index (κ3) is 5.65. The van der Waals surface area contributed by atoms with Crippen molar-refractivity contribution >= 4 is 40.8 Å². The van der Waals surface area contributed by atoms with Crippen molar-refractivity contribution in [2.45, 2.75) is 13.8 Å². The molecule has 0 saturated carbocycles. The van der Waals surface area contributed by atoms with Gasteiger partial charge in [0.25, 0.3) is 0 Å². The first-order valence-electron chi connectivity index (χ1n) is 5.70. The number of carbonyl (C=O) groups is 2. The Balaban J connectivity index is 0.000000567. The average Bonchev–Trinajstić information content (AvgIpc) is 2.43. The third-order valence-electron chi connectivity index (χ3n) is 2.02. The van der Waals surface area contributed by atoms with Gasteiger partial charge in [0.05, 0.1) is 26.5 Å². The van der Waals surface area contributed by atoms with E-state index in [2.05, 4.69) is 14.5 Å². The van der Waals surface area contributed by atoms with Gasteiger partial charge in [0.2, 0.25) is 0 Å². The summed E-state index contributed by atoms with van der Waals surface area (Å²) >= 11 is 11.5. The number of rotatable bonds is 3. The quantitative estimate of drug-likeness (QED) is 0.666. The molecule has 21 heavy (non-hydrogen) atoms. The van der Waals surface area contributed by atoms with Crippen molar-refractivity contribution in [1.29, 1.82) is 0 Å². The predicted octanol–water partition coefficient (Wildman–Crippen LogP) is 2.34. The largest absolute Gasteiger partial charge is 0.491 e. The van der Waals surface area contributed by atoms with E-state index in [-0.39, 0.29) is 33.3 Å². The molecule has 1 aromatic rings. The molecule has 0 amide bonds. The van der Waals surface area contributed by atoms with Crippen LogP contribution in [-0.4, -0.2) is 37.7 Å². The van der Waals surface area contributed by atoms with Gasteiger partial charge in [0.1, 0.15) is 5.02 Å². The first kappa shape index (κ1) is 19.3. The topological polar surface area (TPSA) is 101 Å². The molecule has 1 rings (SSSR count). The lowest BCUT2D eigenvalue weighted by Gasteiger charge is -2.10. The maximum atomic E-state index is 11.2. The van der Waals surface area contributed by atoms with Crippen molar-refractivity contribution < 1.29 is 23.8 Å². The molecule has 0 spiro atoms. The van der Waals surface area contributed by atoms with E-state index in [0.29, 0.717) is 6.61 Å². The second-order valence-corrected chi connectivity index (χ2v) is 4.16. The summed E-state index contributed by atoms with van der Waals surface area (Å²) in [6.45, 7) is 3.65. The summed E-state index contributed by atoms with van der Waals surface area (Å²) in [5, 5.41) is -0.0806. The summed E-state index contributed by atoms with van der Waals surface area (Å²) < 4.78 is 13.7. The molecule has 0 fully saturated rings. The number of ether oxygens (including phenoxy) is 3. The van der Waals surface area contributed by atoms with Crippen LogP contribution in [-0.2, 0) is 14.3 Å². The number of hydrogen-bond donors (Lipinski definition) is 1. The molecule has 0 aromatic carbocycles. The molecule has 0 atom stereocenters. The van der Waals surface area contributed by atoms with E-state index in [4.69, 9.17) is 33.7 Å². The average molecular weight is 339 g/mol. The Morgan fingerprint density at radius 3 is 2.19 bits per heavy atom. The number of esters is 2. The van der Waals surface area contributed by atoms with Gasteiger partial charge in [-0.2, -0.15) is 0 Å². The van der Waals surface area contributed by atoms with Gasteiger partial charge in [-0.1, -0.05) is 23.2 Å². The normalized spacial score (nSPS) is 9.24. The highest BCUT2D eigenvalue weighted by atomic mass is 35.5. The van der Waals surface area contributed by atoms with E-state index < -0.39 is 5.97 Å². The Morgan fingerprint density at radius 2 is 1.86 bits per heavy atom. The summed E-state index contributed by atoms with van der Waals surface area (Å²) in [4.78, 5) is 24.8. The zero-order valence-electron chi connectivity index (χ0n) is 12.0. The van der Waals surface area contributed by atoms with Crippen LogP contribution in [0.4, 0.5) is 5.69 Å². The summed E-state index contributed by atoms with van der Waals surface area (Å²) in [6, 6.07) is 0. The van der Waals surface area contributed by atoms with E-state index in [1.54, 1.807) is 6.92 Å². The van der Waals surface area contributed by atoms with E-state index >= 15 is 0 Å². The molecule has 118 valence electrons. The number of methoxy groups -OCH3 is 2. The minimum Gasteiger partial charge on any atom is -0.491 e. The minimum atomic E-state index is -0.712. The van der Waals surface area contributed by atoms with Crippen LogP contribution in [0.2, 0.25) is 10.2 Å². The lowest BCUT2D eigenvalue weighted by Crippen LogP contribution is -2.08. The number of carbonyl (C=O) groups excluding carboxylic acids is 2. The van der Waals surface area contributed by atoms with Crippen LogP contribution in [0.3, 0.4) is 0 Å². The SMILES string of the molecule is CCOC(C)=O.COC(=O)c1nc(Cl)c(OC)c(N)c1Cl. The molecule has 2 N–H and O–H groups in total. The Bertz CT molecular complexity index is 523. The van der Waals surface area contributed by atoms with Gasteiger partial charge in [-0.05, 0) is 6.92 Å². The maximum Gasteiger partial charge on any atom is 0.358 e. The van der Waals surface area contributed by atoms with Gasteiger partial charge in [-0.15, -0.1) is 0 Å². The highest BCUT2D eigenvalue weighted by Gasteiger charge is 2.21. The Hall–Kier alpha value is -1.73. The third-order valence-corrected chi connectivity index (χ3v) is 2.66. The molecule has 1 heterocycles. The first-order valence-corrected chi connectivity index (χ1v) is 6.45. The summed E-state index contributed by atoms with van der Waals surface area (Å²) in [6.07, 6.45) is 0. The zero-order chi connectivity index (χ0) is 16.6.